The molecule has 1 fully saturated rings. The van der Waals surface area contributed by atoms with Crippen molar-refractivity contribution in [2.45, 2.75) is 13.0 Å². The second-order valence-electron chi connectivity index (χ2n) is 5.21. The molecule has 1 amide bonds. The van der Waals surface area contributed by atoms with Crippen molar-refractivity contribution < 1.29 is 9.90 Å². The highest BCUT2D eigenvalue weighted by atomic mass is 16.4. The van der Waals surface area contributed by atoms with E-state index < -0.39 is 6.09 Å². The SMILES string of the molecule is C[C@H]1CN(C(=O)O)CCN1c1nc(N)nc2cn(C)nc12. The summed E-state index contributed by atoms with van der Waals surface area (Å²) in [6.07, 6.45) is 0.890. The van der Waals surface area contributed by atoms with Crippen LogP contribution >= 0.6 is 0 Å². The summed E-state index contributed by atoms with van der Waals surface area (Å²) in [4.78, 5) is 23.0. The lowest BCUT2D eigenvalue weighted by Crippen LogP contribution is -2.53. The van der Waals surface area contributed by atoms with Gasteiger partial charge in [-0.25, -0.2) is 9.78 Å². The van der Waals surface area contributed by atoms with Crippen molar-refractivity contribution in [3.05, 3.63) is 6.20 Å². The number of rotatable bonds is 1. The van der Waals surface area contributed by atoms with E-state index in [0.29, 0.717) is 36.5 Å². The van der Waals surface area contributed by atoms with Gasteiger partial charge in [0, 0.05) is 32.7 Å². The molecule has 0 unspecified atom stereocenters. The van der Waals surface area contributed by atoms with Gasteiger partial charge in [0.2, 0.25) is 5.95 Å². The number of nitrogens with two attached hydrogens (primary N) is 1. The van der Waals surface area contributed by atoms with Crippen LogP contribution in [-0.4, -0.2) is 61.5 Å². The number of piperazine rings is 1. The standard InChI is InChI=1S/C12H17N7O2/c1-7-5-18(12(20)21)3-4-19(7)10-9-8(6-17(2)16-9)14-11(13)15-10/h6-7H,3-5H2,1-2H3,(H2,13,14)(H,20,21)/t7-/m0/s1. The average Bonchev–Trinajstić information content (AvgIpc) is 2.77. The molecule has 9 nitrogen and oxygen atoms in total. The number of amides is 1. The minimum Gasteiger partial charge on any atom is -0.465 e. The first-order valence-electron chi connectivity index (χ1n) is 6.67. The van der Waals surface area contributed by atoms with Crippen LogP contribution in [-0.2, 0) is 7.05 Å². The van der Waals surface area contributed by atoms with Gasteiger partial charge >= 0.3 is 6.09 Å². The number of aryl methyl sites for hydroxylation is 1. The van der Waals surface area contributed by atoms with Crippen molar-refractivity contribution in [3.8, 4) is 0 Å². The predicted octanol–water partition coefficient (Wildman–Crippen LogP) is 0.134. The summed E-state index contributed by atoms with van der Waals surface area (Å²) in [6, 6.07) is -0.00523. The molecule has 0 saturated carbocycles. The molecule has 1 aliphatic rings. The van der Waals surface area contributed by atoms with Crippen molar-refractivity contribution in [2.24, 2.45) is 7.05 Å². The van der Waals surface area contributed by atoms with E-state index in [0.717, 1.165) is 0 Å². The lowest BCUT2D eigenvalue weighted by atomic mass is 10.2. The number of nitrogens with zero attached hydrogens (tertiary/aromatic N) is 6. The highest BCUT2D eigenvalue weighted by Crippen LogP contribution is 2.26. The molecule has 112 valence electrons. The Kier molecular flexibility index (Phi) is 3.04. The van der Waals surface area contributed by atoms with E-state index in [1.54, 1.807) is 10.9 Å². The van der Waals surface area contributed by atoms with Crippen LogP contribution < -0.4 is 10.6 Å². The third kappa shape index (κ3) is 2.30. The van der Waals surface area contributed by atoms with Gasteiger partial charge in [0.25, 0.3) is 0 Å². The molecule has 0 spiro atoms. The van der Waals surface area contributed by atoms with E-state index in [-0.39, 0.29) is 12.0 Å². The topological polar surface area (TPSA) is 113 Å². The van der Waals surface area contributed by atoms with Crippen LogP contribution in [0.25, 0.3) is 11.0 Å². The van der Waals surface area contributed by atoms with Crippen LogP contribution in [0.4, 0.5) is 16.6 Å². The number of hydrogen-bond acceptors (Lipinski definition) is 6. The Hall–Kier alpha value is -2.58. The van der Waals surface area contributed by atoms with Gasteiger partial charge in [0.15, 0.2) is 11.3 Å². The largest absolute Gasteiger partial charge is 0.465 e. The molecule has 1 saturated heterocycles. The molecular formula is C12H17N7O2. The van der Waals surface area contributed by atoms with Crippen LogP contribution in [0.3, 0.4) is 0 Å². The number of carbonyl (C=O) groups is 1. The second-order valence-corrected chi connectivity index (χ2v) is 5.21. The third-order valence-electron chi connectivity index (χ3n) is 3.65. The Labute approximate surface area is 121 Å². The van der Waals surface area contributed by atoms with Gasteiger partial charge in [-0.1, -0.05) is 0 Å². The highest BCUT2D eigenvalue weighted by Gasteiger charge is 2.29. The number of hydrogen-bond donors (Lipinski definition) is 2. The van der Waals surface area contributed by atoms with Crippen molar-refractivity contribution in [1.29, 1.82) is 0 Å². The maximum absolute atomic E-state index is 11.1. The minimum atomic E-state index is -0.897. The lowest BCUT2D eigenvalue weighted by Gasteiger charge is -2.39. The van der Waals surface area contributed by atoms with Gasteiger partial charge in [0.05, 0.1) is 6.20 Å². The lowest BCUT2D eigenvalue weighted by molar-refractivity contribution is 0.136. The molecular weight excluding hydrogens is 274 g/mol. The van der Waals surface area contributed by atoms with Gasteiger partial charge in [-0.2, -0.15) is 10.1 Å². The van der Waals surface area contributed by atoms with E-state index in [9.17, 15) is 4.79 Å². The van der Waals surface area contributed by atoms with Crippen LogP contribution in [0.15, 0.2) is 6.20 Å². The van der Waals surface area contributed by atoms with Gasteiger partial charge < -0.3 is 20.6 Å². The molecule has 21 heavy (non-hydrogen) atoms. The molecule has 2 aromatic rings. The fourth-order valence-corrected chi connectivity index (χ4v) is 2.67. The molecule has 3 rings (SSSR count). The Bertz CT molecular complexity index is 698. The Morgan fingerprint density at radius 2 is 2.19 bits per heavy atom. The summed E-state index contributed by atoms with van der Waals surface area (Å²) in [5.74, 6) is 0.856. The first-order chi connectivity index (χ1) is 9.95. The Morgan fingerprint density at radius 3 is 2.86 bits per heavy atom. The normalized spacial score (nSPS) is 19.2. The third-order valence-corrected chi connectivity index (χ3v) is 3.65. The van der Waals surface area contributed by atoms with Gasteiger partial charge in [-0.3, -0.25) is 4.68 Å². The van der Waals surface area contributed by atoms with Crippen LogP contribution in [0.2, 0.25) is 0 Å². The summed E-state index contributed by atoms with van der Waals surface area (Å²) in [6.45, 7) is 3.36. The number of aromatic nitrogens is 4. The molecule has 3 heterocycles. The van der Waals surface area contributed by atoms with Gasteiger partial charge in [-0.15, -0.1) is 0 Å². The fourth-order valence-electron chi connectivity index (χ4n) is 2.67. The molecule has 3 N–H and O–H groups in total. The van der Waals surface area contributed by atoms with Gasteiger partial charge in [-0.05, 0) is 6.92 Å². The smallest absolute Gasteiger partial charge is 0.407 e. The molecule has 2 aromatic heterocycles. The molecule has 0 aliphatic carbocycles. The van der Waals surface area contributed by atoms with Crippen molar-refractivity contribution in [1.82, 2.24) is 24.6 Å². The zero-order valence-corrected chi connectivity index (χ0v) is 11.9. The first kappa shape index (κ1) is 13.4. The zero-order valence-electron chi connectivity index (χ0n) is 11.9. The van der Waals surface area contributed by atoms with E-state index in [4.69, 9.17) is 10.8 Å². The average molecular weight is 291 g/mol. The highest BCUT2D eigenvalue weighted by molar-refractivity contribution is 5.86. The van der Waals surface area contributed by atoms with Crippen molar-refractivity contribution in [3.63, 3.8) is 0 Å². The molecule has 0 aromatic carbocycles. The van der Waals surface area contributed by atoms with E-state index in [2.05, 4.69) is 15.1 Å². The molecule has 9 heteroatoms. The number of carboxylic acid groups (broad SMARTS) is 1. The predicted molar refractivity (Wildman–Crippen MR) is 77.1 cm³/mol. The van der Waals surface area contributed by atoms with Crippen LogP contribution in [0.1, 0.15) is 6.92 Å². The van der Waals surface area contributed by atoms with E-state index >= 15 is 0 Å². The van der Waals surface area contributed by atoms with Crippen molar-refractivity contribution >= 4 is 28.9 Å². The maximum Gasteiger partial charge on any atom is 0.407 e. The summed E-state index contributed by atoms with van der Waals surface area (Å²) in [5.41, 5.74) is 7.14. The van der Waals surface area contributed by atoms with Crippen LogP contribution in [0.5, 0.6) is 0 Å². The molecule has 0 bridgehead atoms. The first-order valence-corrected chi connectivity index (χ1v) is 6.67. The number of anilines is 2. The summed E-state index contributed by atoms with van der Waals surface area (Å²) in [5, 5.41) is 13.5. The monoisotopic (exact) mass is 291 g/mol. The minimum absolute atomic E-state index is 0.00523. The molecule has 0 radical (unpaired) electrons. The zero-order chi connectivity index (χ0) is 15.1. The molecule has 1 aliphatic heterocycles. The molecule has 1 atom stereocenters. The fraction of sp³-hybridized carbons (Fsp3) is 0.500. The summed E-state index contributed by atoms with van der Waals surface area (Å²) >= 11 is 0. The van der Waals surface area contributed by atoms with Gasteiger partial charge in [0.1, 0.15) is 5.52 Å². The van der Waals surface area contributed by atoms with Crippen LogP contribution in [0, 0.1) is 0 Å². The van der Waals surface area contributed by atoms with E-state index in [1.807, 2.05) is 18.9 Å². The Balaban J connectivity index is 1.99. The summed E-state index contributed by atoms with van der Waals surface area (Å²) < 4.78 is 1.67. The summed E-state index contributed by atoms with van der Waals surface area (Å²) in [7, 11) is 1.81. The quantitative estimate of drug-likeness (QED) is 0.767. The maximum atomic E-state index is 11.1. The Morgan fingerprint density at radius 1 is 1.43 bits per heavy atom. The second kappa shape index (κ2) is 4.76. The van der Waals surface area contributed by atoms with Crippen molar-refractivity contribution in [2.75, 3.05) is 30.3 Å². The van der Waals surface area contributed by atoms with E-state index in [1.165, 1.54) is 4.90 Å². The number of nitrogen functional groups attached to an aromatic ring is 1. The number of fused-ring (bicyclic) bond motifs is 1.